The first-order valence-electron chi connectivity index (χ1n) is 7.07. The molecular formula is C17H15BrCl2N2O3. The summed E-state index contributed by atoms with van der Waals surface area (Å²) in [5.74, 6) is 5.68. The molecule has 3 N–H and O–H groups in total. The van der Waals surface area contributed by atoms with E-state index in [4.69, 9.17) is 38.5 Å². The maximum Gasteiger partial charge on any atom is 0.257 e. The summed E-state index contributed by atoms with van der Waals surface area (Å²) in [6.07, 6.45) is 2.93. The molecule has 8 heteroatoms. The molecule has 5 nitrogen and oxygen atoms in total. The van der Waals surface area contributed by atoms with Crippen molar-refractivity contribution in [3.8, 4) is 11.5 Å². The van der Waals surface area contributed by atoms with Gasteiger partial charge in [0.2, 0.25) is 0 Å². The van der Waals surface area contributed by atoms with Crippen LogP contribution in [0.3, 0.4) is 0 Å². The molecule has 0 aromatic heterocycles. The first-order valence-corrected chi connectivity index (χ1v) is 8.62. The second kappa shape index (κ2) is 9.10. The second-order valence-corrected chi connectivity index (χ2v) is 6.58. The molecule has 0 bridgehead atoms. The third-order valence-corrected chi connectivity index (χ3v) is 4.52. The number of nitrogens with one attached hydrogen (secondary N) is 1. The Kier molecular flexibility index (Phi) is 7.13. The number of carbonyl (C=O) groups excluding carboxylic acids is 1. The SMILES string of the molecule is COc1cc(/C=C/C(=O)NN)cc(Br)c1OCc1ccc(Cl)c(Cl)c1. The number of hydrogen-bond donors (Lipinski definition) is 2. The Morgan fingerprint density at radius 1 is 1.28 bits per heavy atom. The average Bonchev–Trinajstić information content (AvgIpc) is 2.61. The Morgan fingerprint density at radius 2 is 2.04 bits per heavy atom. The van der Waals surface area contributed by atoms with Gasteiger partial charge in [-0.25, -0.2) is 5.84 Å². The lowest BCUT2D eigenvalue weighted by molar-refractivity contribution is -0.116. The van der Waals surface area contributed by atoms with Crippen LogP contribution < -0.4 is 20.7 Å². The van der Waals surface area contributed by atoms with Gasteiger partial charge in [0.1, 0.15) is 6.61 Å². The highest BCUT2D eigenvalue weighted by Gasteiger charge is 2.12. The van der Waals surface area contributed by atoms with E-state index >= 15 is 0 Å². The monoisotopic (exact) mass is 444 g/mol. The van der Waals surface area contributed by atoms with E-state index in [1.165, 1.54) is 13.2 Å². The number of hydrogen-bond acceptors (Lipinski definition) is 4. The lowest BCUT2D eigenvalue weighted by Crippen LogP contribution is -2.27. The van der Waals surface area contributed by atoms with Crippen molar-refractivity contribution in [2.75, 3.05) is 7.11 Å². The van der Waals surface area contributed by atoms with Crippen molar-refractivity contribution in [3.05, 3.63) is 62.1 Å². The van der Waals surface area contributed by atoms with Gasteiger partial charge in [-0.3, -0.25) is 10.2 Å². The summed E-state index contributed by atoms with van der Waals surface area (Å²) in [6, 6.07) is 8.83. The highest BCUT2D eigenvalue weighted by Crippen LogP contribution is 2.37. The minimum absolute atomic E-state index is 0.288. The van der Waals surface area contributed by atoms with E-state index in [2.05, 4.69) is 15.9 Å². The Labute approximate surface area is 163 Å². The van der Waals surface area contributed by atoms with Crippen LogP contribution in [0.1, 0.15) is 11.1 Å². The zero-order chi connectivity index (χ0) is 18.4. The zero-order valence-corrected chi connectivity index (χ0v) is 16.3. The molecule has 0 unspecified atom stereocenters. The van der Waals surface area contributed by atoms with Crippen LogP contribution in [-0.2, 0) is 11.4 Å². The van der Waals surface area contributed by atoms with Crippen LogP contribution in [0.5, 0.6) is 11.5 Å². The summed E-state index contributed by atoms with van der Waals surface area (Å²) in [6.45, 7) is 0.288. The maximum atomic E-state index is 11.2. The summed E-state index contributed by atoms with van der Waals surface area (Å²) in [7, 11) is 1.54. The van der Waals surface area contributed by atoms with Crippen LogP contribution in [0.4, 0.5) is 0 Å². The molecule has 0 radical (unpaired) electrons. The summed E-state index contributed by atoms with van der Waals surface area (Å²) >= 11 is 15.4. The van der Waals surface area contributed by atoms with Crippen LogP contribution in [0, 0.1) is 0 Å². The van der Waals surface area contributed by atoms with Gasteiger partial charge < -0.3 is 9.47 Å². The topological polar surface area (TPSA) is 73.6 Å². The highest BCUT2D eigenvalue weighted by atomic mass is 79.9. The molecule has 2 aromatic carbocycles. The molecule has 0 spiro atoms. The molecular weight excluding hydrogens is 431 g/mol. The van der Waals surface area contributed by atoms with E-state index in [-0.39, 0.29) is 6.61 Å². The predicted molar refractivity (Wildman–Crippen MR) is 103 cm³/mol. The van der Waals surface area contributed by atoms with Crippen LogP contribution >= 0.6 is 39.1 Å². The third kappa shape index (κ3) is 5.37. The molecule has 2 aromatic rings. The summed E-state index contributed by atoms with van der Waals surface area (Å²) < 4.78 is 11.9. The molecule has 132 valence electrons. The smallest absolute Gasteiger partial charge is 0.257 e. The number of methoxy groups -OCH3 is 1. The standard InChI is InChI=1S/C17H15BrCl2N2O3/c1-24-15-8-10(3-5-16(23)22-21)6-12(18)17(15)25-9-11-2-4-13(19)14(20)7-11/h2-8H,9,21H2,1H3,(H,22,23)/b5-3+. The average molecular weight is 446 g/mol. The first kappa shape index (κ1) is 19.6. The number of nitrogens with two attached hydrogens (primary N) is 1. The fraction of sp³-hybridized carbons (Fsp3) is 0.118. The summed E-state index contributed by atoms with van der Waals surface area (Å²) in [4.78, 5) is 11.2. The number of benzene rings is 2. The van der Waals surface area contributed by atoms with Crippen molar-refractivity contribution in [1.82, 2.24) is 5.43 Å². The third-order valence-electron chi connectivity index (χ3n) is 3.19. The number of carbonyl (C=O) groups is 1. The number of amides is 1. The highest BCUT2D eigenvalue weighted by molar-refractivity contribution is 9.10. The van der Waals surface area contributed by atoms with Gasteiger partial charge in [-0.1, -0.05) is 29.3 Å². The van der Waals surface area contributed by atoms with E-state index in [0.717, 1.165) is 11.1 Å². The van der Waals surface area contributed by atoms with Gasteiger partial charge >= 0.3 is 0 Å². The molecule has 0 aliphatic rings. The van der Waals surface area contributed by atoms with Gasteiger partial charge in [0, 0.05) is 6.08 Å². The molecule has 2 rings (SSSR count). The van der Waals surface area contributed by atoms with Gasteiger partial charge in [-0.15, -0.1) is 0 Å². The zero-order valence-electron chi connectivity index (χ0n) is 13.2. The largest absolute Gasteiger partial charge is 0.493 e. The molecule has 0 heterocycles. The first-order chi connectivity index (χ1) is 11.9. The Balaban J connectivity index is 2.21. The van der Waals surface area contributed by atoms with Crippen molar-refractivity contribution >= 4 is 51.1 Å². The molecule has 0 aliphatic carbocycles. The number of ether oxygens (including phenoxy) is 2. The minimum Gasteiger partial charge on any atom is -0.493 e. The van der Waals surface area contributed by atoms with Gasteiger partial charge in [-0.2, -0.15) is 0 Å². The molecule has 1 amide bonds. The Morgan fingerprint density at radius 3 is 2.68 bits per heavy atom. The fourth-order valence-corrected chi connectivity index (χ4v) is 2.88. The quantitative estimate of drug-likeness (QED) is 0.300. The lowest BCUT2D eigenvalue weighted by Gasteiger charge is -2.14. The number of rotatable bonds is 6. The molecule has 25 heavy (non-hydrogen) atoms. The van der Waals surface area contributed by atoms with E-state index in [9.17, 15) is 4.79 Å². The van der Waals surface area contributed by atoms with Crippen molar-refractivity contribution < 1.29 is 14.3 Å². The fourth-order valence-electron chi connectivity index (χ4n) is 1.98. The van der Waals surface area contributed by atoms with Crippen LogP contribution in [0.25, 0.3) is 6.08 Å². The van der Waals surface area contributed by atoms with Gasteiger partial charge in [0.15, 0.2) is 11.5 Å². The van der Waals surface area contributed by atoms with Crippen LogP contribution in [0.2, 0.25) is 10.0 Å². The number of hydrazine groups is 1. The van der Waals surface area contributed by atoms with Crippen molar-refractivity contribution in [1.29, 1.82) is 0 Å². The van der Waals surface area contributed by atoms with Gasteiger partial charge in [0.05, 0.1) is 21.6 Å². The maximum absolute atomic E-state index is 11.2. The van der Waals surface area contributed by atoms with E-state index < -0.39 is 5.91 Å². The number of halogens is 3. The van der Waals surface area contributed by atoms with Gasteiger partial charge in [0.25, 0.3) is 5.91 Å². The Hall–Kier alpha value is -1.73. The summed E-state index contributed by atoms with van der Waals surface area (Å²) in [5.41, 5.74) is 3.64. The predicted octanol–water partition coefficient (Wildman–Crippen LogP) is 4.35. The van der Waals surface area contributed by atoms with Crippen molar-refractivity contribution in [3.63, 3.8) is 0 Å². The van der Waals surface area contributed by atoms with E-state index in [1.807, 2.05) is 11.5 Å². The van der Waals surface area contributed by atoms with Crippen molar-refractivity contribution in [2.45, 2.75) is 6.61 Å². The second-order valence-electron chi connectivity index (χ2n) is 4.91. The van der Waals surface area contributed by atoms with E-state index in [0.29, 0.717) is 26.0 Å². The van der Waals surface area contributed by atoms with E-state index in [1.54, 1.807) is 30.3 Å². The normalized spacial score (nSPS) is 10.8. The summed E-state index contributed by atoms with van der Waals surface area (Å²) in [5, 5.41) is 0.953. The van der Waals surface area contributed by atoms with Crippen LogP contribution in [0.15, 0.2) is 40.9 Å². The van der Waals surface area contributed by atoms with Gasteiger partial charge in [-0.05, 0) is 57.4 Å². The molecule has 0 fully saturated rings. The molecule has 0 saturated heterocycles. The van der Waals surface area contributed by atoms with Crippen molar-refractivity contribution in [2.24, 2.45) is 5.84 Å². The molecule has 0 saturated carbocycles. The Bertz CT molecular complexity index is 813. The lowest BCUT2D eigenvalue weighted by atomic mass is 10.2. The molecule has 0 atom stereocenters. The molecule has 0 aliphatic heterocycles. The minimum atomic E-state index is -0.407. The van der Waals surface area contributed by atoms with Crippen LogP contribution in [-0.4, -0.2) is 13.0 Å².